The van der Waals surface area contributed by atoms with Gasteiger partial charge in [0.1, 0.15) is 22.8 Å². The Bertz CT molecular complexity index is 868. The largest absolute Gasteiger partial charge is 0.452 e. The van der Waals surface area contributed by atoms with E-state index in [0.717, 1.165) is 6.42 Å². The van der Waals surface area contributed by atoms with E-state index in [4.69, 9.17) is 20.9 Å². The number of hydrogen-bond acceptors (Lipinski definition) is 5. The van der Waals surface area contributed by atoms with E-state index in [1.807, 2.05) is 0 Å². The Morgan fingerprint density at radius 1 is 1.32 bits per heavy atom. The molecule has 1 aliphatic rings. The van der Waals surface area contributed by atoms with Crippen LogP contribution < -0.4 is 0 Å². The molecule has 1 aromatic heterocycles. The van der Waals surface area contributed by atoms with E-state index in [9.17, 15) is 14.0 Å². The highest BCUT2D eigenvalue weighted by Gasteiger charge is 2.29. The lowest BCUT2D eigenvalue weighted by atomic mass is 9.92. The van der Waals surface area contributed by atoms with E-state index in [-0.39, 0.29) is 33.5 Å². The maximum atomic E-state index is 14.2. The molecule has 0 spiro atoms. The van der Waals surface area contributed by atoms with Crippen LogP contribution in [0.15, 0.2) is 22.7 Å². The number of rotatable bonds is 4. The molecule has 1 aromatic carbocycles. The molecule has 2 heterocycles. The van der Waals surface area contributed by atoms with E-state index in [1.54, 1.807) is 4.90 Å². The van der Waals surface area contributed by atoms with Gasteiger partial charge in [0, 0.05) is 13.1 Å². The minimum absolute atomic E-state index is 0.0415. The fourth-order valence-electron chi connectivity index (χ4n) is 3.66. The second-order valence-corrected chi connectivity index (χ2v) is 7.79. The molecule has 28 heavy (non-hydrogen) atoms. The minimum atomic E-state index is -0.806. The molecule has 0 unspecified atom stereocenters. The van der Waals surface area contributed by atoms with Gasteiger partial charge in [-0.3, -0.25) is 4.79 Å². The van der Waals surface area contributed by atoms with Crippen LogP contribution in [-0.4, -0.2) is 41.6 Å². The first-order valence-electron chi connectivity index (χ1n) is 9.13. The molecule has 2 aromatic rings. The fraction of sp³-hybridized carbons (Fsp3) is 0.450. The maximum Gasteiger partial charge on any atom is 0.344 e. The van der Waals surface area contributed by atoms with Crippen LogP contribution in [0.4, 0.5) is 4.39 Å². The average molecular weight is 409 g/mol. The van der Waals surface area contributed by atoms with Gasteiger partial charge in [-0.05, 0) is 37.3 Å². The molecule has 1 fully saturated rings. The number of likely N-dealkylation sites (tertiary alicyclic amines) is 1. The van der Waals surface area contributed by atoms with Gasteiger partial charge >= 0.3 is 5.97 Å². The van der Waals surface area contributed by atoms with Crippen molar-refractivity contribution in [1.29, 1.82) is 0 Å². The zero-order valence-electron chi connectivity index (χ0n) is 16.0. The van der Waals surface area contributed by atoms with Gasteiger partial charge < -0.3 is 14.2 Å². The Kier molecular flexibility index (Phi) is 6.03. The highest BCUT2D eigenvalue weighted by molar-refractivity contribution is 6.33. The van der Waals surface area contributed by atoms with Crippen LogP contribution in [0.5, 0.6) is 0 Å². The molecule has 150 valence electrons. The number of esters is 1. The topological polar surface area (TPSA) is 72.6 Å². The number of carbonyl (C=O) groups excluding carboxylic acids is 2. The summed E-state index contributed by atoms with van der Waals surface area (Å²) < 4.78 is 24.5. The molecule has 6 nitrogen and oxygen atoms in total. The Hall–Kier alpha value is -2.41. The number of aryl methyl sites for hydroxylation is 1. The third-order valence-corrected chi connectivity index (χ3v) is 5.13. The second-order valence-electron chi connectivity index (χ2n) is 7.38. The van der Waals surface area contributed by atoms with Crippen molar-refractivity contribution in [3.63, 3.8) is 0 Å². The summed E-state index contributed by atoms with van der Waals surface area (Å²) in [5.74, 6) is -0.739. The van der Waals surface area contributed by atoms with Crippen LogP contribution in [0, 0.1) is 24.6 Å². The number of benzene rings is 1. The lowest BCUT2D eigenvalue weighted by Crippen LogP contribution is -2.44. The van der Waals surface area contributed by atoms with Gasteiger partial charge in [-0.25, -0.2) is 9.18 Å². The normalized spacial score (nSPS) is 19.5. The molecule has 2 atom stereocenters. The quantitative estimate of drug-likeness (QED) is 0.712. The number of piperidine rings is 1. The number of amides is 1. The van der Waals surface area contributed by atoms with Gasteiger partial charge in [0.25, 0.3) is 5.91 Å². The van der Waals surface area contributed by atoms with Crippen molar-refractivity contribution in [3.8, 4) is 11.3 Å². The van der Waals surface area contributed by atoms with Crippen molar-refractivity contribution >= 4 is 23.5 Å². The number of nitrogens with zero attached hydrogens (tertiary/aromatic N) is 2. The number of carbonyl (C=O) groups is 2. The smallest absolute Gasteiger partial charge is 0.344 e. The average Bonchev–Trinajstić information content (AvgIpc) is 2.99. The molecular formula is C20H22ClFN2O4. The van der Waals surface area contributed by atoms with Gasteiger partial charge in [0.2, 0.25) is 0 Å². The molecule has 0 saturated carbocycles. The standard InChI is InChI=1S/C20H22ClFN2O4/c1-11-7-12(2)9-24(8-11)16(25)10-27-20(26)17-13(3)28-23-19(17)18-14(21)5-4-6-15(18)22/h4-6,11-12H,7-10H2,1-3H3/t11-,12+. The van der Waals surface area contributed by atoms with Crippen LogP contribution in [-0.2, 0) is 9.53 Å². The molecule has 1 saturated heterocycles. The predicted molar refractivity (Wildman–Crippen MR) is 101 cm³/mol. The van der Waals surface area contributed by atoms with Gasteiger partial charge in [0.05, 0.1) is 10.6 Å². The summed E-state index contributed by atoms with van der Waals surface area (Å²) in [6, 6.07) is 4.15. The molecule has 0 radical (unpaired) electrons. The van der Waals surface area contributed by atoms with E-state index < -0.39 is 18.4 Å². The SMILES string of the molecule is Cc1onc(-c2c(F)cccc2Cl)c1C(=O)OCC(=O)N1C[C@H](C)C[C@H](C)C1. The minimum Gasteiger partial charge on any atom is -0.452 e. The lowest BCUT2D eigenvalue weighted by Gasteiger charge is -2.34. The first-order valence-corrected chi connectivity index (χ1v) is 9.51. The maximum absolute atomic E-state index is 14.2. The fourth-order valence-corrected chi connectivity index (χ4v) is 3.92. The number of halogens is 2. The van der Waals surface area contributed by atoms with Crippen molar-refractivity contribution in [2.75, 3.05) is 19.7 Å². The van der Waals surface area contributed by atoms with Gasteiger partial charge in [0.15, 0.2) is 6.61 Å². The molecule has 8 heteroatoms. The summed E-state index contributed by atoms with van der Waals surface area (Å²) in [7, 11) is 0. The van der Waals surface area contributed by atoms with Crippen molar-refractivity contribution in [2.24, 2.45) is 11.8 Å². The second kappa shape index (κ2) is 8.31. The molecular weight excluding hydrogens is 387 g/mol. The Labute approximate surface area is 167 Å². The third-order valence-electron chi connectivity index (χ3n) is 4.81. The van der Waals surface area contributed by atoms with Gasteiger partial charge in [-0.15, -0.1) is 0 Å². The number of hydrogen-bond donors (Lipinski definition) is 0. The highest BCUT2D eigenvalue weighted by atomic mass is 35.5. The summed E-state index contributed by atoms with van der Waals surface area (Å²) in [5, 5.41) is 3.86. The Morgan fingerprint density at radius 2 is 2.00 bits per heavy atom. The van der Waals surface area contributed by atoms with Crippen molar-refractivity contribution in [1.82, 2.24) is 10.1 Å². The van der Waals surface area contributed by atoms with Crippen molar-refractivity contribution < 1.29 is 23.2 Å². The van der Waals surface area contributed by atoms with E-state index in [0.29, 0.717) is 24.9 Å². The van der Waals surface area contributed by atoms with Crippen molar-refractivity contribution in [3.05, 3.63) is 40.4 Å². The monoisotopic (exact) mass is 408 g/mol. The molecule has 3 rings (SSSR count). The summed E-state index contributed by atoms with van der Waals surface area (Å²) in [4.78, 5) is 26.8. The Morgan fingerprint density at radius 3 is 2.64 bits per heavy atom. The molecule has 0 N–H and O–H groups in total. The first kappa shape index (κ1) is 20.3. The van der Waals surface area contributed by atoms with Crippen LogP contribution >= 0.6 is 11.6 Å². The highest BCUT2D eigenvalue weighted by Crippen LogP contribution is 2.33. The molecule has 0 bridgehead atoms. The number of aromatic nitrogens is 1. The van der Waals surface area contributed by atoms with Crippen LogP contribution in [0.3, 0.4) is 0 Å². The zero-order valence-corrected chi connectivity index (χ0v) is 16.8. The summed E-state index contributed by atoms with van der Waals surface area (Å²) in [6.07, 6.45) is 1.07. The first-order chi connectivity index (χ1) is 13.3. The van der Waals surface area contributed by atoms with Gasteiger partial charge in [-0.2, -0.15) is 0 Å². The van der Waals surface area contributed by atoms with E-state index in [1.165, 1.54) is 25.1 Å². The van der Waals surface area contributed by atoms with Crippen LogP contribution in [0.1, 0.15) is 36.4 Å². The summed E-state index contributed by atoms with van der Waals surface area (Å²) >= 11 is 6.07. The molecule has 1 aliphatic heterocycles. The summed E-state index contributed by atoms with van der Waals surface area (Å²) in [5.41, 5.74) is -0.128. The predicted octanol–water partition coefficient (Wildman–Crippen LogP) is 4.10. The Balaban J connectivity index is 1.75. The van der Waals surface area contributed by atoms with Crippen LogP contribution in [0.25, 0.3) is 11.3 Å². The summed E-state index contributed by atoms with van der Waals surface area (Å²) in [6.45, 7) is 6.58. The van der Waals surface area contributed by atoms with Gasteiger partial charge in [-0.1, -0.05) is 36.7 Å². The van der Waals surface area contributed by atoms with E-state index in [2.05, 4.69) is 19.0 Å². The third kappa shape index (κ3) is 4.19. The van der Waals surface area contributed by atoms with E-state index >= 15 is 0 Å². The zero-order chi connectivity index (χ0) is 20.4. The van der Waals surface area contributed by atoms with Crippen LogP contribution in [0.2, 0.25) is 5.02 Å². The molecule has 0 aliphatic carbocycles. The lowest BCUT2D eigenvalue weighted by molar-refractivity contribution is -0.137. The molecule has 1 amide bonds. The number of ether oxygens (including phenoxy) is 1. The van der Waals surface area contributed by atoms with Crippen molar-refractivity contribution in [2.45, 2.75) is 27.2 Å².